The van der Waals surface area contributed by atoms with Crippen molar-refractivity contribution in [2.45, 2.75) is 12.6 Å². The molecule has 1 saturated heterocycles. The number of sulfonamides is 1. The summed E-state index contributed by atoms with van der Waals surface area (Å²) in [7, 11) is -3.29. The van der Waals surface area contributed by atoms with E-state index < -0.39 is 10.0 Å². The predicted octanol–water partition coefficient (Wildman–Crippen LogP) is 3.83. The molecule has 1 heterocycles. The first kappa shape index (κ1) is 22.2. The van der Waals surface area contributed by atoms with E-state index in [1.54, 1.807) is 24.3 Å². The van der Waals surface area contributed by atoms with Gasteiger partial charge in [0.25, 0.3) is 0 Å². The Morgan fingerprint density at radius 1 is 0.906 bits per heavy atom. The lowest BCUT2D eigenvalue weighted by Crippen LogP contribution is -2.55. The summed E-state index contributed by atoms with van der Waals surface area (Å²) in [6.45, 7) is 4.24. The summed E-state index contributed by atoms with van der Waals surface area (Å²) in [5.74, 6) is 0.723. The molecule has 1 atom stereocenters. The van der Waals surface area contributed by atoms with Crippen LogP contribution in [0.25, 0.3) is 0 Å². The first-order valence-corrected chi connectivity index (χ1v) is 12.6. The van der Waals surface area contributed by atoms with E-state index in [2.05, 4.69) is 63.1 Å². The second kappa shape index (κ2) is 10.1. The fourth-order valence-corrected chi connectivity index (χ4v) is 4.54. The molecule has 4 rings (SSSR count). The molecule has 0 saturated carbocycles. The van der Waals surface area contributed by atoms with Crippen molar-refractivity contribution in [3.8, 4) is 5.75 Å². The average molecular weight is 452 g/mol. The zero-order valence-electron chi connectivity index (χ0n) is 18.2. The lowest BCUT2D eigenvalue weighted by molar-refractivity contribution is 0.115. The number of piperazine rings is 1. The van der Waals surface area contributed by atoms with Crippen molar-refractivity contribution < 1.29 is 13.2 Å². The maximum atomic E-state index is 11.4. The maximum absolute atomic E-state index is 11.4. The van der Waals surface area contributed by atoms with Crippen molar-refractivity contribution in [2.75, 3.05) is 42.1 Å². The Morgan fingerprint density at radius 2 is 1.56 bits per heavy atom. The van der Waals surface area contributed by atoms with Crippen molar-refractivity contribution in [1.29, 1.82) is 0 Å². The highest BCUT2D eigenvalue weighted by molar-refractivity contribution is 7.92. The van der Waals surface area contributed by atoms with E-state index in [4.69, 9.17) is 4.74 Å². The van der Waals surface area contributed by atoms with Crippen LogP contribution in [0.4, 0.5) is 11.4 Å². The molecule has 0 aliphatic carbocycles. The van der Waals surface area contributed by atoms with Gasteiger partial charge in [0.1, 0.15) is 12.4 Å². The van der Waals surface area contributed by atoms with Crippen molar-refractivity contribution >= 4 is 21.4 Å². The zero-order valence-corrected chi connectivity index (χ0v) is 19.0. The molecule has 3 aromatic carbocycles. The summed E-state index contributed by atoms with van der Waals surface area (Å²) in [6, 6.07) is 28.3. The number of para-hydroxylation sites is 1. The minimum absolute atomic E-state index is 0.220. The Kier molecular flexibility index (Phi) is 6.97. The molecule has 1 unspecified atom stereocenters. The van der Waals surface area contributed by atoms with Crippen LogP contribution in [-0.4, -0.2) is 51.9 Å². The summed E-state index contributed by atoms with van der Waals surface area (Å²) < 4.78 is 31.4. The van der Waals surface area contributed by atoms with Crippen LogP contribution in [0.5, 0.6) is 5.75 Å². The van der Waals surface area contributed by atoms with Gasteiger partial charge in [0.15, 0.2) is 0 Å². The number of rotatable bonds is 8. The van der Waals surface area contributed by atoms with Gasteiger partial charge in [0.05, 0.1) is 12.3 Å². The lowest BCUT2D eigenvalue weighted by atomic mass is 10.1. The topological polar surface area (TPSA) is 61.9 Å². The van der Waals surface area contributed by atoms with Crippen molar-refractivity contribution in [3.05, 3.63) is 90.5 Å². The molecule has 6 nitrogen and oxygen atoms in total. The summed E-state index contributed by atoms with van der Waals surface area (Å²) in [5.41, 5.74) is 3.05. The normalized spacial score (nSPS) is 17.2. The zero-order chi connectivity index (χ0) is 22.4. The number of ether oxygens (including phenoxy) is 1. The van der Waals surface area contributed by atoms with Gasteiger partial charge in [0, 0.05) is 37.6 Å². The average Bonchev–Trinajstić information content (AvgIpc) is 2.80. The van der Waals surface area contributed by atoms with Gasteiger partial charge >= 0.3 is 0 Å². The van der Waals surface area contributed by atoms with Gasteiger partial charge in [-0.3, -0.25) is 9.62 Å². The fourth-order valence-electron chi connectivity index (χ4n) is 3.98. The van der Waals surface area contributed by atoms with Gasteiger partial charge in [-0.15, -0.1) is 0 Å². The number of nitrogens with zero attached hydrogens (tertiary/aromatic N) is 2. The Balaban J connectivity index is 1.44. The first-order valence-electron chi connectivity index (χ1n) is 10.7. The van der Waals surface area contributed by atoms with Crippen LogP contribution in [0.1, 0.15) is 5.56 Å². The second-order valence-corrected chi connectivity index (χ2v) is 9.85. The molecule has 1 fully saturated rings. The molecule has 3 aromatic rings. The maximum Gasteiger partial charge on any atom is 0.229 e. The molecular weight excluding hydrogens is 422 g/mol. The van der Waals surface area contributed by atoms with Gasteiger partial charge in [0.2, 0.25) is 10.0 Å². The Hall–Kier alpha value is -3.03. The van der Waals surface area contributed by atoms with E-state index >= 15 is 0 Å². The minimum Gasteiger partial charge on any atom is -0.492 e. The standard InChI is InChI=1S/C25H29N3O3S/c1-32(29,30)26-22-12-14-25(15-13-22)31-20-24-19-28(23-10-6-3-7-11-23)17-16-27(24)18-21-8-4-2-5-9-21/h2-15,24,26H,16-20H2,1H3. The molecule has 0 radical (unpaired) electrons. The molecule has 1 N–H and O–H groups in total. The van der Waals surface area contributed by atoms with Gasteiger partial charge in [-0.25, -0.2) is 8.42 Å². The monoisotopic (exact) mass is 451 g/mol. The SMILES string of the molecule is CS(=O)(=O)Nc1ccc(OCC2CN(c3ccccc3)CCN2Cc2ccccc2)cc1. The third kappa shape index (κ3) is 6.24. The molecule has 0 spiro atoms. The highest BCUT2D eigenvalue weighted by atomic mass is 32.2. The number of hydrogen-bond donors (Lipinski definition) is 1. The van der Waals surface area contributed by atoms with Crippen LogP contribution in [0.3, 0.4) is 0 Å². The molecule has 168 valence electrons. The Morgan fingerprint density at radius 3 is 2.22 bits per heavy atom. The quantitative estimate of drug-likeness (QED) is 0.564. The Bertz CT molecular complexity index is 1090. The molecule has 0 bridgehead atoms. The fraction of sp³-hybridized carbons (Fsp3) is 0.280. The highest BCUT2D eigenvalue weighted by Gasteiger charge is 2.28. The summed E-state index contributed by atoms with van der Waals surface area (Å²) in [4.78, 5) is 4.89. The third-order valence-electron chi connectivity index (χ3n) is 5.55. The van der Waals surface area contributed by atoms with E-state index in [1.807, 2.05) is 12.1 Å². The molecule has 1 aliphatic rings. The van der Waals surface area contributed by atoms with Crippen LogP contribution in [0.15, 0.2) is 84.9 Å². The van der Waals surface area contributed by atoms with Crippen LogP contribution in [-0.2, 0) is 16.6 Å². The third-order valence-corrected chi connectivity index (χ3v) is 6.16. The molecule has 0 amide bonds. The lowest BCUT2D eigenvalue weighted by Gasteiger charge is -2.42. The van der Waals surface area contributed by atoms with Gasteiger partial charge < -0.3 is 9.64 Å². The van der Waals surface area contributed by atoms with Gasteiger partial charge in [-0.2, -0.15) is 0 Å². The van der Waals surface area contributed by atoms with E-state index in [-0.39, 0.29) is 6.04 Å². The van der Waals surface area contributed by atoms with Crippen molar-refractivity contribution in [2.24, 2.45) is 0 Å². The smallest absolute Gasteiger partial charge is 0.229 e. The summed E-state index contributed by atoms with van der Waals surface area (Å²) >= 11 is 0. The van der Waals surface area contributed by atoms with Gasteiger partial charge in [-0.1, -0.05) is 48.5 Å². The number of hydrogen-bond acceptors (Lipinski definition) is 5. The van der Waals surface area contributed by atoms with Crippen molar-refractivity contribution in [1.82, 2.24) is 4.90 Å². The second-order valence-electron chi connectivity index (χ2n) is 8.10. The summed E-state index contributed by atoms with van der Waals surface area (Å²) in [5, 5.41) is 0. The number of benzene rings is 3. The first-order chi connectivity index (χ1) is 15.5. The van der Waals surface area contributed by atoms with Gasteiger partial charge in [-0.05, 0) is 42.0 Å². The number of anilines is 2. The van der Waals surface area contributed by atoms with Crippen LogP contribution >= 0.6 is 0 Å². The largest absolute Gasteiger partial charge is 0.492 e. The van der Waals surface area contributed by atoms with Crippen LogP contribution < -0.4 is 14.4 Å². The Labute approximate surface area is 190 Å². The van der Waals surface area contributed by atoms with E-state index in [0.717, 1.165) is 38.2 Å². The minimum atomic E-state index is -3.29. The molecule has 7 heteroatoms. The van der Waals surface area contributed by atoms with Crippen LogP contribution in [0, 0.1) is 0 Å². The molecule has 32 heavy (non-hydrogen) atoms. The van der Waals surface area contributed by atoms with Crippen molar-refractivity contribution in [3.63, 3.8) is 0 Å². The van der Waals surface area contributed by atoms with E-state index in [0.29, 0.717) is 12.3 Å². The predicted molar refractivity (Wildman–Crippen MR) is 130 cm³/mol. The molecule has 1 aliphatic heterocycles. The summed E-state index contributed by atoms with van der Waals surface area (Å²) in [6.07, 6.45) is 1.14. The molecular formula is C25H29N3O3S. The number of nitrogens with one attached hydrogen (secondary N) is 1. The van der Waals surface area contributed by atoms with E-state index in [1.165, 1.54) is 11.3 Å². The van der Waals surface area contributed by atoms with E-state index in [9.17, 15) is 8.42 Å². The molecule has 0 aromatic heterocycles. The highest BCUT2D eigenvalue weighted by Crippen LogP contribution is 2.22. The van der Waals surface area contributed by atoms with Crippen LogP contribution in [0.2, 0.25) is 0 Å².